The molecule has 0 aliphatic rings. The van der Waals surface area contributed by atoms with Gasteiger partial charge < -0.3 is 15.5 Å². The number of ether oxygens (including phenoxy) is 1. The van der Waals surface area contributed by atoms with E-state index in [2.05, 4.69) is 15.7 Å². The fourth-order valence-electron chi connectivity index (χ4n) is 1.45. The van der Waals surface area contributed by atoms with Gasteiger partial charge in [0.05, 0.1) is 17.8 Å². The number of nitrogens with zero attached hydrogens (tertiary/aromatic N) is 1. The second-order valence-corrected chi connectivity index (χ2v) is 3.93. The van der Waals surface area contributed by atoms with E-state index >= 15 is 0 Å². The molecule has 0 spiro atoms. The lowest BCUT2D eigenvalue weighted by molar-refractivity contribution is 0.415. The maximum absolute atomic E-state index is 6.09. The first-order chi connectivity index (χ1) is 8.72. The second-order valence-electron chi connectivity index (χ2n) is 3.52. The highest BCUT2D eigenvalue weighted by Crippen LogP contribution is 2.29. The maximum atomic E-state index is 6.09. The molecule has 1 aromatic heterocycles. The number of anilines is 3. The SMILES string of the molecule is COc1ccc(Cl)c(Nc2cccc(NN)n2)c1. The number of methoxy groups -OCH3 is 1. The zero-order valence-electron chi connectivity index (χ0n) is 9.77. The lowest BCUT2D eigenvalue weighted by atomic mass is 10.3. The summed E-state index contributed by atoms with van der Waals surface area (Å²) in [6.45, 7) is 0. The lowest BCUT2D eigenvalue weighted by Gasteiger charge is -2.10. The van der Waals surface area contributed by atoms with Gasteiger partial charge in [-0.3, -0.25) is 0 Å². The number of aromatic nitrogens is 1. The molecular weight excluding hydrogens is 252 g/mol. The van der Waals surface area contributed by atoms with E-state index in [4.69, 9.17) is 22.2 Å². The van der Waals surface area contributed by atoms with Crippen LogP contribution in [0.5, 0.6) is 5.75 Å². The van der Waals surface area contributed by atoms with E-state index in [0.717, 1.165) is 11.4 Å². The fourth-order valence-corrected chi connectivity index (χ4v) is 1.61. The predicted molar refractivity (Wildman–Crippen MR) is 73.3 cm³/mol. The Bertz CT molecular complexity index is 547. The highest BCUT2D eigenvalue weighted by molar-refractivity contribution is 6.33. The molecule has 1 heterocycles. The molecule has 18 heavy (non-hydrogen) atoms. The van der Waals surface area contributed by atoms with E-state index < -0.39 is 0 Å². The number of nitrogen functional groups attached to an aromatic ring is 1. The third kappa shape index (κ3) is 2.82. The Labute approximate surface area is 110 Å². The summed E-state index contributed by atoms with van der Waals surface area (Å²) in [6.07, 6.45) is 0. The van der Waals surface area contributed by atoms with E-state index in [1.54, 1.807) is 31.4 Å². The van der Waals surface area contributed by atoms with Crippen LogP contribution >= 0.6 is 11.6 Å². The van der Waals surface area contributed by atoms with E-state index in [1.165, 1.54) is 0 Å². The molecule has 5 nitrogen and oxygen atoms in total. The van der Waals surface area contributed by atoms with Crippen LogP contribution in [0.1, 0.15) is 0 Å². The molecule has 0 atom stereocenters. The molecule has 6 heteroatoms. The van der Waals surface area contributed by atoms with Gasteiger partial charge in [-0.05, 0) is 24.3 Å². The summed E-state index contributed by atoms with van der Waals surface area (Å²) < 4.78 is 5.14. The summed E-state index contributed by atoms with van der Waals surface area (Å²) in [4.78, 5) is 4.24. The number of hydrazine groups is 1. The van der Waals surface area contributed by atoms with Crippen LogP contribution in [-0.4, -0.2) is 12.1 Å². The van der Waals surface area contributed by atoms with Crippen molar-refractivity contribution in [1.29, 1.82) is 0 Å². The monoisotopic (exact) mass is 264 g/mol. The van der Waals surface area contributed by atoms with Gasteiger partial charge in [-0.25, -0.2) is 10.8 Å². The number of nitrogens with one attached hydrogen (secondary N) is 2. The molecule has 0 saturated heterocycles. The summed E-state index contributed by atoms with van der Waals surface area (Å²) in [7, 11) is 1.60. The van der Waals surface area contributed by atoms with Gasteiger partial charge >= 0.3 is 0 Å². The molecule has 0 bridgehead atoms. The van der Waals surface area contributed by atoms with Gasteiger partial charge in [0.15, 0.2) is 0 Å². The van der Waals surface area contributed by atoms with Crippen LogP contribution in [0.15, 0.2) is 36.4 Å². The van der Waals surface area contributed by atoms with Crippen LogP contribution in [0.2, 0.25) is 5.02 Å². The normalized spacial score (nSPS) is 9.94. The second kappa shape index (κ2) is 5.57. The van der Waals surface area contributed by atoms with E-state index in [0.29, 0.717) is 16.7 Å². The highest BCUT2D eigenvalue weighted by atomic mass is 35.5. The van der Waals surface area contributed by atoms with Gasteiger partial charge in [0.1, 0.15) is 17.4 Å². The molecule has 0 aliphatic carbocycles. The van der Waals surface area contributed by atoms with Gasteiger partial charge in [-0.1, -0.05) is 17.7 Å². The fraction of sp³-hybridized carbons (Fsp3) is 0.0833. The van der Waals surface area contributed by atoms with Crippen molar-refractivity contribution >= 4 is 28.9 Å². The molecule has 2 rings (SSSR count). The Kier molecular flexibility index (Phi) is 3.86. The molecule has 94 valence electrons. The summed E-state index contributed by atoms with van der Waals surface area (Å²) >= 11 is 6.09. The highest BCUT2D eigenvalue weighted by Gasteiger charge is 2.04. The molecule has 0 aliphatic heterocycles. The molecule has 0 unspecified atom stereocenters. The van der Waals surface area contributed by atoms with E-state index in [9.17, 15) is 0 Å². The number of benzene rings is 1. The maximum Gasteiger partial charge on any atom is 0.142 e. The lowest BCUT2D eigenvalue weighted by Crippen LogP contribution is -2.09. The largest absolute Gasteiger partial charge is 0.497 e. The summed E-state index contributed by atoms with van der Waals surface area (Å²) in [5.74, 6) is 7.23. The minimum Gasteiger partial charge on any atom is -0.497 e. The van der Waals surface area contributed by atoms with Crippen molar-refractivity contribution in [2.75, 3.05) is 17.9 Å². The van der Waals surface area contributed by atoms with Gasteiger partial charge in [-0.15, -0.1) is 0 Å². The van der Waals surface area contributed by atoms with Crippen molar-refractivity contribution in [2.45, 2.75) is 0 Å². The van der Waals surface area contributed by atoms with Crippen LogP contribution < -0.4 is 21.3 Å². The number of nitrogens with two attached hydrogens (primary N) is 1. The number of hydrogen-bond acceptors (Lipinski definition) is 5. The van der Waals surface area contributed by atoms with Gasteiger partial charge in [0, 0.05) is 6.07 Å². The van der Waals surface area contributed by atoms with Crippen LogP contribution in [0.4, 0.5) is 17.3 Å². The standard InChI is InChI=1S/C12H13ClN4O/c1-18-8-5-6-9(13)10(7-8)15-11-3-2-4-12(16-11)17-14/h2-7H,14H2,1H3,(H2,15,16,17). The van der Waals surface area contributed by atoms with Crippen molar-refractivity contribution in [2.24, 2.45) is 5.84 Å². The molecule has 0 amide bonds. The van der Waals surface area contributed by atoms with Crippen LogP contribution in [0, 0.1) is 0 Å². The molecule has 1 aromatic carbocycles. The molecular formula is C12H13ClN4O. The van der Waals surface area contributed by atoms with Crippen molar-refractivity contribution < 1.29 is 4.74 Å². The molecule has 2 aromatic rings. The van der Waals surface area contributed by atoms with Crippen molar-refractivity contribution in [3.63, 3.8) is 0 Å². The smallest absolute Gasteiger partial charge is 0.142 e. The number of halogens is 1. The molecule has 0 radical (unpaired) electrons. The Balaban J connectivity index is 2.27. The number of pyridine rings is 1. The van der Waals surface area contributed by atoms with Crippen LogP contribution in [0.3, 0.4) is 0 Å². The minimum absolute atomic E-state index is 0.569. The Morgan fingerprint density at radius 2 is 2.00 bits per heavy atom. The quantitative estimate of drug-likeness (QED) is 0.585. The third-order valence-corrected chi connectivity index (χ3v) is 2.66. The number of hydrogen-bond donors (Lipinski definition) is 3. The Hall–Kier alpha value is -1.98. The zero-order valence-corrected chi connectivity index (χ0v) is 10.5. The molecule has 0 fully saturated rings. The third-order valence-electron chi connectivity index (χ3n) is 2.33. The van der Waals surface area contributed by atoms with E-state index in [1.807, 2.05) is 12.1 Å². The first-order valence-corrected chi connectivity index (χ1v) is 5.65. The van der Waals surface area contributed by atoms with Gasteiger partial charge in [-0.2, -0.15) is 0 Å². The van der Waals surface area contributed by atoms with E-state index in [-0.39, 0.29) is 0 Å². The molecule has 4 N–H and O–H groups in total. The van der Waals surface area contributed by atoms with Gasteiger partial charge in [0.25, 0.3) is 0 Å². The molecule has 0 saturated carbocycles. The van der Waals surface area contributed by atoms with Crippen molar-refractivity contribution in [1.82, 2.24) is 4.98 Å². The minimum atomic E-state index is 0.569. The average molecular weight is 265 g/mol. The topological polar surface area (TPSA) is 72.2 Å². The summed E-state index contributed by atoms with van der Waals surface area (Å²) in [5, 5.41) is 3.69. The Morgan fingerprint density at radius 3 is 2.72 bits per heavy atom. The Morgan fingerprint density at radius 1 is 1.22 bits per heavy atom. The predicted octanol–water partition coefficient (Wildman–Crippen LogP) is 2.77. The first-order valence-electron chi connectivity index (χ1n) is 5.27. The average Bonchev–Trinajstić information content (AvgIpc) is 2.41. The number of rotatable bonds is 4. The van der Waals surface area contributed by atoms with Crippen molar-refractivity contribution in [3.05, 3.63) is 41.4 Å². The summed E-state index contributed by atoms with van der Waals surface area (Å²) in [6, 6.07) is 10.8. The van der Waals surface area contributed by atoms with Crippen LogP contribution in [-0.2, 0) is 0 Å². The first kappa shape index (κ1) is 12.5. The van der Waals surface area contributed by atoms with Crippen molar-refractivity contribution in [3.8, 4) is 5.75 Å². The zero-order chi connectivity index (χ0) is 13.0. The van der Waals surface area contributed by atoms with Gasteiger partial charge in [0.2, 0.25) is 0 Å². The summed E-state index contributed by atoms with van der Waals surface area (Å²) in [5.41, 5.74) is 3.20. The van der Waals surface area contributed by atoms with Crippen LogP contribution in [0.25, 0.3) is 0 Å².